The van der Waals surface area contributed by atoms with E-state index in [4.69, 9.17) is 9.47 Å². The molecule has 0 unspecified atom stereocenters. The molecule has 0 atom stereocenters. The molecular formula is C25H22INO4S. The molecule has 1 aliphatic heterocycles. The summed E-state index contributed by atoms with van der Waals surface area (Å²) >= 11 is 3.17. The minimum Gasteiger partial charge on any atom is -0.493 e. The molecule has 1 heterocycles. The second-order valence-corrected chi connectivity index (χ2v) is 9.49. The van der Waals surface area contributed by atoms with E-state index in [9.17, 15) is 9.59 Å². The van der Waals surface area contributed by atoms with Gasteiger partial charge in [0.25, 0.3) is 11.1 Å². The Kier molecular flexibility index (Phi) is 7.05. The Morgan fingerprint density at radius 3 is 2.59 bits per heavy atom. The normalized spacial score (nSPS) is 15.1. The maximum Gasteiger partial charge on any atom is 0.293 e. The van der Waals surface area contributed by atoms with Crippen LogP contribution in [-0.2, 0) is 11.4 Å². The Bertz CT molecular complexity index is 1220. The first kappa shape index (κ1) is 22.7. The van der Waals surface area contributed by atoms with Gasteiger partial charge >= 0.3 is 0 Å². The third-order valence-corrected chi connectivity index (χ3v) is 6.78. The first-order chi connectivity index (χ1) is 15.5. The Hall–Kier alpha value is -2.52. The maximum atomic E-state index is 12.5. The zero-order valence-electron chi connectivity index (χ0n) is 17.8. The molecular weight excluding hydrogens is 537 g/mol. The number of halogens is 1. The highest BCUT2D eigenvalue weighted by Crippen LogP contribution is 2.37. The van der Waals surface area contributed by atoms with Crippen molar-refractivity contribution in [3.05, 3.63) is 74.2 Å². The minimum atomic E-state index is -0.243. The predicted molar refractivity (Wildman–Crippen MR) is 137 cm³/mol. The van der Waals surface area contributed by atoms with Crippen molar-refractivity contribution in [3.8, 4) is 11.5 Å². The van der Waals surface area contributed by atoms with Crippen LogP contribution in [0.3, 0.4) is 0 Å². The van der Waals surface area contributed by atoms with Gasteiger partial charge in [0.05, 0.1) is 15.6 Å². The fourth-order valence-corrected chi connectivity index (χ4v) is 5.16. The van der Waals surface area contributed by atoms with Crippen LogP contribution in [0.2, 0.25) is 0 Å². The summed E-state index contributed by atoms with van der Waals surface area (Å²) in [6, 6.07) is 18.2. The van der Waals surface area contributed by atoms with Crippen LogP contribution in [0, 0.1) is 3.57 Å². The van der Waals surface area contributed by atoms with Gasteiger partial charge in [-0.15, -0.1) is 0 Å². The average molecular weight is 559 g/mol. The summed E-state index contributed by atoms with van der Waals surface area (Å²) < 4.78 is 12.6. The van der Waals surface area contributed by atoms with Gasteiger partial charge in [0.2, 0.25) is 0 Å². The molecule has 164 valence electrons. The topological polar surface area (TPSA) is 55.8 Å². The van der Waals surface area contributed by atoms with Crippen molar-refractivity contribution in [3.63, 3.8) is 0 Å². The molecule has 1 saturated heterocycles. The molecule has 7 heteroatoms. The summed E-state index contributed by atoms with van der Waals surface area (Å²) in [7, 11) is 1.59. The monoisotopic (exact) mass is 559 g/mol. The van der Waals surface area contributed by atoms with Crippen LogP contribution in [0.1, 0.15) is 24.5 Å². The summed E-state index contributed by atoms with van der Waals surface area (Å²) in [5.74, 6) is 0.988. The Morgan fingerprint density at radius 2 is 1.84 bits per heavy atom. The second kappa shape index (κ2) is 9.95. The predicted octanol–water partition coefficient (Wildman–Crippen LogP) is 6.48. The number of hydrogen-bond acceptors (Lipinski definition) is 5. The number of ether oxygens (including phenoxy) is 2. The molecule has 1 fully saturated rings. The lowest BCUT2D eigenvalue weighted by atomic mass is 10.1. The highest BCUT2D eigenvalue weighted by atomic mass is 127. The number of fused-ring (bicyclic) bond motifs is 1. The minimum absolute atomic E-state index is 0.222. The fraction of sp³-hybridized carbons (Fsp3) is 0.200. The van der Waals surface area contributed by atoms with Crippen LogP contribution in [0.15, 0.2) is 59.5 Å². The Morgan fingerprint density at radius 1 is 1.06 bits per heavy atom. The van der Waals surface area contributed by atoms with Gasteiger partial charge in [0.1, 0.15) is 6.61 Å². The highest BCUT2D eigenvalue weighted by Gasteiger charge is 2.34. The van der Waals surface area contributed by atoms with Crippen LogP contribution in [0.25, 0.3) is 16.8 Å². The van der Waals surface area contributed by atoms with E-state index in [0.717, 1.165) is 32.9 Å². The number of carbonyl (C=O) groups is 2. The number of benzene rings is 3. The van der Waals surface area contributed by atoms with E-state index in [1.165, 1.54) is 15.7 Å². The third kappa shape index (κ3) is 4.78. The van der Waals surface area contributed by atoms with Crippen LogP contribution < -0.4 is 9.47 Å². The van der Waals surface area contributed by atoms with E-state index in [-0.39, 0.29) is 11.1 Å². The zero-order valence-corrected chi connectivity index (χ0v) is 20.7. The number of methoxy groups -OCH3 is 1. The summed E-state index contributed by atoms with van der Waals surface area (Å²) in [6.07, 6.45) is 2.47. The second-order valence-electron chi connectivity index (χ2n) is 7.34. The number of imide groups is 1. The molecule has 3 aromatic rings. The average Bonchev–Trinajstić information content (AvgIpc) is 3.05. The van der Waals surface area contributed by atoms with Crippen LogP contribution in [-0.4, -0.2) is 29.7 Å². The molecule has 3 aromatic carbocycles. The zero-order chi connectivity index (χ0) is 22.7. The van der Waals surface area contributed by atoms with Crippen molar-refractivity contribution >= 4 is 62.3 Å². The van der Waals surface area contributed by atoms with Crippen molar-refractivity contribution < 1.29 is 19.1 Å². The number of hydrogen-bond donors (Lipinski definition) is 0. The highest BCUT2D eigenvalue weighted by molar-refractivity contribution is 14.1. The number of thioether (sulfide) groups is 1. The van der Waals surface area contributed by atoms with Crippen molar-refractivity contribution in [2.45, 2.75) is 20.0 Å². The van der Waals surface area contributed by atoms with Crippen molar-refractivity contribution in [1.29, 1.82) is 0 Å². The summed E-state index contributed by atoms with van der Waals surface area (Å²) in [5, 5.41) is 2.14. The third-order valence-electron chi connectivity index (χ3n) is 5.07. The molecule has 4 rings (SSSR count). The van der Waals surface area contributed by atoms with Gasteiger partial charge in [0.15, 0.2) is 11.5 Å². The molecule has 1 aliphatic rings. The number of carbonyl (C=O) groups excluding carboxylic acids is 2. The molecule has 0 aliphatic carbocycles. The van der Waals surface area contributed by atoms with Gasteiger partial charge in [-0.05, 0) is 86.9 Å². The number of amides is 2. The maximum absolute atomic E-state index is 12.5. The molecule has 0 spiro atoms. The van der Waals surface area contributed by atoms with E-state index in [0.29, 0.717) is 29.6 Å². The molecule has 0 aromatic heterocycles. The molecule has 32 heavy (non-hydrogen) atoms. The molecule has 0 radical (unpaired) electrons. The van der Waals surface area contributed by atoms with E-state index in [1.54, 1.807) is 13.2 Å². The first-order valence-corrected chi connectivity index (χ1v) is 12.1. The molecule has 0 saturated carbocycles. The summed E-state index contributed by atoms with van der Waals surface area (Å²) in [4.78, 5) is 26.3. The first-order valence-electron chi connectivity index (χ1n) is 10.2. The lowest BCUT2D eigenvalue weighted by Gasteiger charge is -2.14. The summed E-state index contributed by atoms with van der Waals surface area (Å²) in [6.45, 7) is 2.79. The largest absolute Gasteiger partial charge is 0.493 e. The molecule has 0 N–H and O–H groups in total. The number of rotatable bonds is 7. The summed E-state index contributed by atoms with van der Waals surface area (Å²) in [5.41, 5.74) is 1.85. The van der Waals surface area contributed by atoms with Gasteiger partial charge in [-0.1, -0.05) is 43.3 Å². The SMILES string of the molecule is CCCN1C(=O)S/C(=C/c2cc(I)c(OCc3ccc4ccccc4c3)c(OC)c2)C1=O. The van der Waals surface area contributed by atoms with Gasteiger partial charge in [0, 0.05) is 6.54 Å². The lowest BCUT2D eigenvalue weighted by molar-refractivity contribution is -0.122. The van der Waals surface area contributed by atoms with E-state index in [1.807, 2.05) is 31.2 Å². The van der Waals surface area contributed by atoms with Gasteiger partial charge in [-0.2, -0.15) is 0 Å². The van der Waals surface area contributed by atoms with Crippen LogP contribution in [0.4, 0.5) is 4.79 Å². The van der Waals surface area contributed by atoms with Crippen molar-refractivity contribution in [2.75, 3.05) is 13.7 Å². The van der Waals surface area contributed by atoms with Gasteiger partial charge in [-0.3, -0.25) is 14.5 Å². The van der Waals surface area contributed by atoms with Crippen LogP contribution in [0.5, 0.6) is 11.5 Å². The van der Waals surface area contributed by atoms with Crippen molar-refractivity contribution in [2.24, 2.45) is 0 Å². The van der Waals surface area contributed by atoms with Gasteiger partial charge < -0.3 is 9.47 Å². The fourth-order valence-electron chi connectivity index (χ4n) is 3.52. The Labute approximate surface area is 204 Å². The quantitative estimate of drug-likeness (QED) is 0.245. The van der Waals surface area contributed by atoms with Crippen LogP contribution >= 0.6 is 34.4 Å². The van der Waals surface area contributed by atoms with Gasteiger partial charge in [-0.25, -0.2) is 0 Å². The molecule has 2 amide bonds. The van der Waals surface area contributed by atoms with E-state index in [2.05, 4.69) is 52.9 Å². The Balaban J connectivity index is 1.55. The van der Waals surface area contributed by atoms with E-state index < -0.39 is 0 Å². The standard InChI is InChI=1S/C25H22INO4S/c1-3-10-27-24(28)22(32-25(27)29)14-17-12-20(26)23(21(13-17)30-2)31-15-16-8-9-18-6-4-5-7-19(18)11-16/h4-9,11-14H,3,10,15H2,1-2H3/b22-14+. The van der Waals surface area contributed by atoms with Crippen molar-refractivity contribution in [1.82, 2.24) is 4.90 Å². The smallest absolute Gasteiger partial charge is 0.293 e. The van der Waals surface area contributed by atoms with E-state index >= 15 is 0 Å². The molecule has 0 bridgehead atoms. The lowest BCUT2D eigenvalue weighted by Crippen LogP contribution is -2.28. The molecule has 5 nitrogen and oxygen atoms in total. The number of nitrogens with zero attached hydrogens (tertiary/aromatic N) is 1.